The predicted molar refractivity (Wildman–Crippen MR) is 116 cm³/mol. The summed E-state index contributed by atoms with van der Waals surface area (Å²) in [6.45, 7) is 2.52. The second-order valence-corrected chi connectivity index (χ2v) is 6.84. The highest BCUT2D eigenvalue weighted by Gasteiger charge is 2.09. The van der Waals surface area contributed by atoms with Crippen molar-refractivity contribution in [2.75, 3.05) is 19.0 Å². The highest BCUT2D eigenvalue weighted by molar-refractivity contribution is 6.32. The number of anilines is 1. The van der Waals surface area contributed by atoms with Gasteiger partial charge in [-0.05, 0) is 48.9 Å². The smallest absolute Gasteiger partial charge is 0.330 e. The summed E-state index contributed by atoms with van der Waals surface area (Å²) in [4.78, 5) is 20.6. The van der Waals surface area contributed by atoms with Gasteiger partial charge in [0.25, 0.3) is 0 Å². The van der Waals surface area contributed by atoms with Crippen molar-refractivity contribution in [1.29, 1.82) is 0 Å². The fourth-order valence-corrected chi connectivity index (χ4v) is 3.12. The molecular formula is C21H19Cl2N3O3. The molecule has 1 N–H and O–H groups in total. The third-order valence-corrected chi connectivity index (χ3v) is 4.54. The molecule has 150 valence electrons. The number of rotatable bonds is 7. The lowest BCUT2D eigenvalue weighted by molar-refractivity contribution is -0.137. The van der Waals surface area contributed by atoms with Crippen LogP contribution < -0.4 is 10.1 Å². The Balaban J connectivity index is 1.91. The average molecular weight is 432 g/mol. The first kappa shape index (κ1) is 20.9. The van der Waals surface area contributed by atoms with Gasteiger partial charge in [-0.1, -0.05) is 29.3 Å². The maximum atomic E-state index is 11.6. The molecule has 1 heterocycles. The van der Waals surface area contributed by atoms with Gasteiger partial charge in [0.15, 0.2) is 5.82 Å². The first-order valence-corrected chi connectivity index (χ1v) is 9.64. The van der Waals surface area contributed by atoms with Crippen LogP contribution in [0.5, 0.6) is 5.75 Å². The molecule has 0 amide bonds. The molecule has 0 aliphatic rings. The van der Waals surface area contributed by atoms with Crippen LogP contribution in [0.3, 0.4) is 0 Å². The van der Waals surface area contributed by atoms with Crippen molar-refractivity contribution in [2.45, 2.75) is 13.5 Å². The van der Waals surface area contributed by atoms with Gasteiger partial charge >= 0.3 is 5.97 Å². The van der Waals surface area contributed by atoms with E-state index in [1.807, 2.05) is 18.2 Å². The first-order valence-electron chi connectivity index (χ1n) is 8.88. The molecule has 0 spiro atoms. The van der Waals surface area contributed by atoms with Gasteiger partial charge in [-0.3, -0.25) is 0 Å². The zero-order chi connectivity index (χ0) is 20.8. The Hall–Kier alpha value is -2.83. The van der Waals surface area contributed by atoms with E-state index < -0.39 is 5.97 Å². The lowest BCUT2D eigenvalue weighted by Gasteiger charge is -2.11. The van der Waals surface area contributed by atoms with Crippen LogP contribution in [-0.4, -0.2) is 29.7 Å². The molecule has 8 heteroatoms. The van der Waals surface area contributed by atoms with Crippen LogP contribution in [0.25, 0.3) is 17.0 Å². The zero-order valence-corrected chi connectivity index (χ0v) is 17.4. The number of carbonyl (C=O) groups is 1. The lowest BCUT2D eigenvalue weighted by Crippen LogP contribution is -2.05. The van der Waals surface area contributed by atoms with E-state index in [0.29, 0.717) is 46.1 Å². The number of nitrogens with one attached hydrogen (secondary N) is 1. The van der Waals surface area contributed by atoms with Crippen molar-refractivity contribution in [3.05, 3.63) is 63.9 Å². The SMILES string of the molecule is CCOC(=O)C=Cc1nc(NCc2ccc(OC)c(Cl)c2)c2cc(Cl)ccc2n1. The van der Waals surface area contributed by atoms with Gasteiger partial charge in [-0.25, -0.2) is 14.8 Å². The molecule has 2 aromatic carbocycles. The van der Waals surface area contributed by atoms with Crippen LogP contribution in [0.1, 0.15) is 18.3 Å². The fourth-order valence-electron chi connectivity index (χ4n) is 2.67. The summed E-state index contributed by atoms with van der Waals surface area (Å²) in [7, 11) is 1.57. The summed E-state index contributed by atoms with van der Waals surface area (Å²) in [6.07, 6.45) is 2.81. The van der Waals surface area contributed by atoms with Gasteiger partial charge in [-0.15, -0.1) is 0 Å². The van der Waals surface area contributed by atoms with Crippen LogP contribution in [0, 0.1) is 0 Å². The van der Waals surface area contributed by atoms with Crippen LogP contribution in [0.4, 0.5) is 5.82 Å². The zero-order valence-electron chi connectivity index (χ0n) is 15.9. The third-order valence-electron chi connectivity index (χ3n) is 4.01. The number of methoxy groups -OCH3 is 1. The standard InChI is InChI=1S/C21H19Cl2N3O3/c1-3-29-20(27)9-8-19-25-17-6-5-14(22)11-15(17)21(26-19)24-12-13-4-7-18(28-2)16(23)10-13/h4-11H,3,12H2,1-2H3,(H,24,25,26). The summed E-state index contributed by atoms with van der Waals surface area (Å²) in [5.41, 5.74) is 1.65. The van der Waals surface area contributed by atoms with E-state index in [1.165, 1.54) is 12.2 Å². The maximum absolute atomic E-state index is 11.6. The molecule has 1 aromatic heterocycles. The Morgan fingerprint density at radius 2 is 2.00 bits per heavy atom. The Labute approximate surface area is 178 Å². The van der Waals surface area contributed by atoms with Crippen molar-refractivity contribution in [3.8, 4) is 5.75 Å². The number of hydrogen-bond acceptors (Lipinski definition) is 6. The molecule has 0 radical (unpaired) electrons. The minimum Gasteiger partial charge on any atom is -0.495 e. The van der Waals surface area contributed by atoms with E-state index >= 15 is 0 Å². The molecule has 3 aromatic rings. The number of benzene rings is 2. The Kier molecular flexibility index (Phi) is 6.90. The second kappa shape index (κ2) is 9.58. The monoisotopic (exact) mass is 431 g/mol. The summed E-state index contributed by atoms with van der Waals surface area (Å²) >= 11 is 12.3. The van der Waals surface area contributed by atoms with Crippen molar-refractivity contribution in [1.82, 2.24) is 9.97 Å². The highest BCUT2D eigenvalue weighted by Crippen LogP contribution is 2.27. The van der Waals surface area contributed by atoms with Gasteiger partial charge in [0, 0.05) is 23.0 Å². The number of ether oxygens (including phenoxy) is 2. The molecule has 0 saturated heterocycles. The van der Waals surface area contributed by atoms with Crippen molar-refractivity contribution >= 4 is 52.0 Å². The van der Waals surface area contributed by atoms with Crippen LogP contribution in [-0.2, 0) is 16.1 Å². The summed E-state index contributed by atoms with van der Waals surface area (Å²) in [5.74, 6) is 1.13. The molecule has 0 bridgehead atoms. The van der Waals surface area contributed by atoms with Crippen LogP contribution >= 0.6 is 23.2 Å². The van der Waals surface area contributed by atoms with Gasteiger partial charge in [0.05, 0.1) is 24.3 Å². The van der Waals surface area contributed by atoms with E-state index in [0.717, 1.165) is 10.9 Å². The second-order valence-electron chi connectivity index (χ2n) is 6.00. The summed E-state index contributed by atoms with van der Waals surface area (Å²) in [6, 6.07) is 10.9. The quantitative estimate of drug-likeness (QED) is 0.412. The number of fused-ring (bicyclic) bond motifs is 1. The number of nitrogens with zero attached hydrogens (tertiary/aromatic N) is 2. The van der Waals surface area contributed by atoms with Crippen LogP contribution in [0.15, 0.2) is 42.5 Å². The Morgan fingerprint density at radius 1 is 1.17 bits per heavy atom. The first-order chi connectivity index (χ1) is 14.0. The van der Waals surface area contributed by atoms with Crippen molar-refractivity contribution < 1.29 is 14.3 Å². The number of esters is 1. The molecule has 0 atom stereocenters. The number of aromatic nitrogens is 2. The summed E-state index contributed by atoms with van der Waals surface area (Å²) in [5, 5.41) is 5.16. The van der Waals surface area contributed by atoms with Gasteiger partial charge in [-0.2, -0.15) is 0 Å². The number of carbonyl (C=O) groups excluding carboxylic acids is 1. The Bertz CT molecular complexity index is 1070. The van der Waals surface area contributed by atoms with E-state index in [9.17, 15) is 4.79 Å². The fraction of sp³-hybridized carbons (Fsp3) is 0.190. The molecule has 29 heavy (non-hydrogen) atoms. The molecule has 0 fully saturated rings. The van der Waals surface area contributed by atoms with E-state index in [2.05, 4.69) is 15.3 Å². The van der Waals surface area contributed by atoms with E-state index in [1.54, 1.807) is 32.2 Å². The van der Waals surface area contributed by atoms with Crippen LogP contribution in [0.2, 0.25) is 10.0 Å². The topological polar surface area (TPSA) is 73.3 Å². The normalized spacial score (nSPS) is 11.0. The third kappa shape index (κ3) is 5.37. The maximum Gasteiger partial charge on any atom is 0.330 e. The lowest BCUT2D eigenvalue weighted by atomic mass is 10.2. The molecule has 0 aliphatic heterocycles. The molecule has 6 nitrogen and oxygen atoms in total. The van der Waals surface area contributed by atoms with Gasteiger partial charge in [0.2, 0.25) is 0 Å². The van der Waals surface area contributed by atoms with Gasteiger partial charge < -0.3 is 14.8 Å². The van der Waals surface area contributed by atoms with Crippen molar-refractivity contribution in [3.63, 3.8) is 0 Å². The average Bonchev–Trinajstić information content (AvgIpc) is 2.71. The predicted octanol–water partition coefficient (Wildman–Crippen LogP) is 5.13. The van der Waals surface area contributed by atoms with E-state index in [4.69, 9.17) is 32.7 Å². The molecular weight excluding hydrogens is 413 g/mol. The minimum absolute atomic E-state index is 0.303. The van der Waals surface area contributed by atoms with E-state index in [-0.39, 0.29) is 0 Å². The van der Waals surface area contributed by atoms with Gasteiger partial charge in [0.1, 0.15) is 11.6 Å². The van der Waals surface area contributed by atoms with Crippen molar-refractivity contribution in [2.24, 2.45) is 0 Å². The largest absolute Gasteiger partial charge is 0.495 e. The molecule has 3 rings (SSSR count). The molecule has 0 unspecified atom stereocenters. The molecule has 0 saturated carbocycles. The minimum atomic E-state index is -0.449. The molecule has 0 aliphatic carbocycles. The number of halogens is 2. The highest BCUT2D eigenvalue weighted by atomic mass is 35.5. The Morgan fingerprint density at radius 3 is 2.72 bits per heavy atom. The summed E-state index contributed by atoms with van der Waals surface area (Å²) < 4.78 is 10.1. The number of hydrogen-bond donors (Lipinski definition) is 1.